The zero-order valence-corrected chi connectivity index (χ0v) is 10.1. The standard InChI is InChI=1S/C14H11F2NO2/c1-8-3-2-4-10(5-8)17-13-11(15)6-9(14(18)19)7-12(13)16/h2-7,17H,1H3,(H,18,19). The average Bonchev–Trinajstić information content (AvgIpc) is 2.33. The van der Waals surface area contributed by atoms with E-state index >= 15 is 0 Å². The fraction of sp³-hybridized carbons (Fsp3) is 0.0714. The molecule has 0 atom stereocenters. The van der Waals surface area contributed by atoms with Gasteiger partial charge in [0.1, 0.15) is 5.69 Å². The van der Waals surface area contributed by atoms with E-state index in [4.69, 9.17) is 5.11 Å². The second kappa shape index (κ2) is 5.06. The third kappa shape index (κ3) is 2.88. The van der Waals surface area contributed by atoms with Crippen molar-refractivity contribution < 1.29 is 18.7 Å². The predicted octanol–water partition coefficient (Wildman–Crippen LogP) is 3.72. The number of aryl methyl sites for hydroxylation is 1. The van der Waals surface area contributed by atoms with E-state index < -0.39 is 23.2 Å². The number of halogens is 2. The molecular weight excluding hydrogens is 252 g/mol. The predicted molar refractivity (Wildman–Crippen MR) is 67.8 cm³/mol. The van der Waals surface area contributed by atoms with Gasteiger partial charge in [-0.3, -0.25) is 0 Å². The molecule has 19 heavy (non-hydrogen) atoms. The second-order valence-electron chi connectivity index (χ2n) is 4.11. The van der Waals surface area contributed by atoms with Crippen molar-refractivity contribution in [2.45, 2.75) is 6.92 Å². The third-order valence-electron chi connectivity index (χ3n) is 2.58. The van der Waals surface area contributed by atoms with Crippen LogP contribution in [-0.2, 0) is 0 Å². The van der Waals surface area contributed by atoms with Gasteiger partial charge in [-0.05, 0) is 36.8 Å². The van der Waals surface area contributed by atoms with E-state index in [0.29, 0.717) is 5.69 Å². The molecule has 0 amide bonds. The van der Waals surface area contributed by atoms with Gasteiger partial charge >= 0.3 is 5.97 Å². The van der Waals surface area contributed by atoms with Crippen LogP contribution in [0.5, 0.6) is 0 Å². The number of carbonyl (C=O) groups is 1. The maximum Gasteiger partial charge on any atom is 0.335 e. The zero-order valence-electron chi connectivity index (χ0n) is 10.1. The molecule has 2 N–H and O–H groups in total. The topological polar surface area (TPSA) is 49.3 Å². The van der Waals surface area contributed by atoms with E-state index in [0.717, 1.165) is 17.7 Å². The average molecular weight is 263 g/mol. The Hall–Kier alpha value is -2.43. The SMILES string of the molecule is Cc1cccc(Nc2c(F)cc(C(=O)O)cc2F)c1. The first kappa shape index (κ1) is 13.0. The first-order chi connectivity index (χ1) is 8.97. The van der Waals surface area contributed by atoms with E-state index in [2.05, 4.69) is 5.32 Å². The first-order valence-electron chi connectivity index (χ1n) is 5.53. The molecule has 0 saturated heterocycles. The molecule has 0 fully saturated rings. The van der Waals surface area contributed by atoms with E-state index in [1.165, 1.54) is 0 Å². The van der Waals surface area contributed by atoms with Crippen molar-refractivity contribution in [2.24, 2.45) is 0 Å². The zero-order chi connectivity index (χ0) is 14.0. The molecule has 0 bridgehead atoms. The van der Waals surface area contributed by atoms with Gasteiger partial charge in [-0.2, -0.15) is 0 Å². The number of benzene rings is 2. The van der Waals surface area contributed by atoms with Gasteiger partial charge in [-0.15, -0.1) is 0 Å². The Balaban J connectivity index is 2.38. The molecule has 2 rings (SSSR count). The second-order valence-corrected chi connectivity index (χ2v) is 4.11. The van der Waals surface area contributed by atoms with Gasteiger partial charge in [-0.25, -0.2) is 13.6 Å². The molecule has 2 aromatic carbocycles. The highest BCUT2D eigenvalue weighted by atomic mass is 19.1. The lowest BCUT2D eigenvalue weighted by Crippen LogP contribution is -2.03. The number of carboxylic acids is 1. The fourth-order valence-electron chi connectivity index (χ4n) is 1.68. The molecule has 0 spiro atoms. The number of anilines is 2. The third-order valence-corrected chi connectivity index (χ3v) is 2.58. The van der Waals surface area contributed by atoms with Crippen LogP contribution in [0.1, 0.15) is 15.9 Å². The lowest BCUT2D eigenvalue weighted by Gasteiger charge is -2.10. The fourth-order valence-corrected chi connectivity index (χ4v) is 1.68. The highest BCUT2D eigenvalue weighted by molar-refractivity contribution is 5.88. The smallest absolute Gasteiger partial charge is 0.335 e. The Morgan fingerprint density at radius 3 is 2.32 bits per heavy atom. The molecule has 0 aliphatic rings. The Kier molecular flexibility index (Phi) is 3.46. The Labute approximate surface area is 108 Å². The molecule has 98 valence electrons. The van der Waals surface area contributed by atoms with Gasteiger partial charge in [0.2, 0.25) is 0 Å². The van der Waals surface area contributed by atoms with Crippen molar-refractivity contribution in [1.82, 2.24) is 0 Å². The summed E-state index contributed by atoms with van der Waals surface area (Å²) in [6.45, 7) is 1.85. The largest absolute Gasteiger partial charge is 0.478 e. The van der Waals surface area contributed by atoms with Gasteiger partial charge in [0.25, 0.3) is 0 Å². The molecule has 0 aliphatic heterocycles. The summed E-state index contributed by atoms with van der Waals surface area (Å²) in [4.78, 5) is 10.7. The Morgan fingerprint density at radius 1 is 1.16 bits per heavy atom. The van der Waals surface area contributed by atoms with Crippen LogP contribution in [0.25, 0.3) is 0 Å². The van der Waals surface area contributed by atoms with Gasteiger partial charge in [0, 0.05) is 5.69 Å². The van der Waals surface area contributed by atoms with Crippen LogP contribution in [0.3, 0.4) is 0 Å². The van der Waals surface area contributed by atoms with Crippen molar-refractivity contribution in [3.05, 3.63) is 59.2 Å². The molecule has 0 unspecified atom stereocenters. The van der Waals surface area contributed by atoms with Gasteiger partial charge in [-0.1, -0.05) is 12.1 Å². The molecule has 2 aromatic rings. The monoisotopic (exact) mass is 263 g/mol. The van der Waals surface area contributed by atoms with Crippen LogP contribution < -0.4 is 5.32 Å². The Morgan fingerprint density at radius 2 is 1.79 bits per heavy atom. The quantitative estimate of drug-likeness (QED) is 0.887. The number of carboxylic acid groups (broad SMARTS) is 1. The summed E-state index contributed by atoms with van der Waals surface area (Å²) in [5, 5.41) is 11.3. The van der Waals surface area contributed by atoms with Crippen LogP contribution in [-0.4, -0.2) is 11.1 Å². The minimum absolute atomic E-state index is 0.365. The van der Waals surface area contributed by atoms with Crippen molar-refractivity contribution >= 4 is 17.3 Å². The molecule has 0 aliphatic carbocycles. The summed E-state index contributed by atoms with van der Waals surface area (Å²) in [5.41, 5.74) is 0.675. The Bertz CT molecular complexity index is 618. The maximum absolute atomic E-state index is 13.7. The summed E-state index contributed by atoms with van der Waals surface area (Å²) >= 11 is 0. The molecule has 0 saturated carbocycles. The van der Waals surface area contributed by atoms with Crippen LogP contribution in [0.15, 0.2) is 36.4 Å². The highest BCUT2D eigenvalue weighted by Gasteiger charge is 2.14. The number of rotatable bonds is 3. The lowest BCUT2D eigenvalue weighted by atomic mass is 10.1. The van der Waals surface area contributed by atoms with E-state index in [-0.39, 0.29) is 5.69 Å². The molecule has 3 nitrogen and oxygen atoms in total. The summed E-state index contributed by atoms with van der Waals surface area (Å²) < 4.78 is 27.4. The highest BCUT2D eigenvalue weighted by Crippen LogP contribution is 2.25. The molecule has 0 aromatic heterocycles. The van der Waals surface area contributed by atoms with Crippen LogP contribution >= 0.6 is 0 Å². The van der Waals surface area contributed by atoms with Gasteiger partial charge in [0.15, 0.2) is 11.6 Å². The summed E-state index contributed by atoms with van der Waals surface area (Å²) in [7, 11) is 0. The summed E-state index contributed by atoms with van der Waals surface area (Å²) in [5.74, 6) is -3.27. The van der Waals surface area contributed by atoms with Crippen molar-refractivity contribution in [1.29, 1.82) is 0 Å². The van der Waals surface area contributed by atoms with Crippen molar-refractivity contribution in [3.8, 4) is 0 Å². The van der Waals surface area contributed by atoms with E-state index in [1.54, 1.807) is 18.2 Å². The van der Waals surface area contributed by atoms with Gasteiger partial charge in [0.05, 0.1) is 5.56 Å². The van der Waals surface area contributed by atoms with Crippen LogP contribution in [0.4, 0.5) is 20.2 Å². The number of hydrogen-bond acceptors (Lipinski definition) is 2. The summed E-state index contributed by atoms with van der Waals surface area (Å²) in [6.07, 6.45) is 0. The molecule has 5 heteroatoms. The number of nitrogens with one attached hydrogen (secondary N) is 1. The first-order valence-corrected chi connectivity index (χ1v) is 5.53. The van der Waals surface area contributed by atoms with Crippen molar-refractivity contribution in [3.63, 3.8) is 0 Å². The number of hydrogen-bond donors (Lipinski definition) is 2. The van der Waals surface area contributed by atoms with Crippen molar-refractivity contribution in [2.75, 3.05) is 5.32 Å². The van der Waals surface area contributed by atoms with Crippen LogP contribution in [0.2, 0.25) is 0 Å². The maximum atomic E-state index is 13.7. The van der Waals surface area contributed by atoms with E-state index in [9.17, 15) is 13.6 Å². The molecule has 0 radical (unpaired) electrons. The summed E-state index contributed by atoms with van der Waals surface area (Å²) in [6, 6.07) is 8.55. The minimum Gasteiger partial charge on any atom is -0.478 e. The van der Waals surface area contributed by atoms with E-state index in [1.807, 2.05) is 13.0 Å². The molecular formula is C14H11F2NO2. The normalized spacial score (nSPS) is 10.3. The molecule has 0 heterocycles. The van der Waals surface area contributed by atoms with Crippen LogP contribution in [0, 0.1) is 18.6 Å². The van der Waals surface area contributed by atoms with Gasteiger partial charge < -0.3 is 10.4 Å². The lowest BCUT2D eigenvalue weighted by molar-refractivity contribution is 0.0696. The number of aromatic carboxylic acids is 1. The minimum atomic E-state index is -1.38.